The molecule has 2 atom stereocenters. The summed E-state index contributed by atoms with van der Waals surface area (Å²) >= 11 is 0. The van der Waals surface area contributed by atoms with Gasteiger partial charge in [0.2, 0.25) is 5.91 Å². The lowest BCUT2D eigenvalue weighted by Crippen LogP contribution is -2.23. The highest BCUT2D eigenvalue weighted by atomic mass is 16.1. The van der Waals surface area contributed by atoms with Crippen LogP contribution in [0.5, 0.6) is 0 Å². The molecule has 1 fully saturated rings. The molecule has 2 aromatic carbocycles. The van der Waals surface area contributed by atoms with E-state index in [9.17, 15) is 4.79 Å². The lowest BCUT2D eigenvalue weighted by Gasteiger charge is -2.11. The topological polar surface area (TPSA) is 55.1 Å². The maximum atomic E-state index is 12.1. The zero-order chi connectivity index (χ0) is 14.7. The minimum Gasteiger partial charge on any atom is -0.328 e. The van der Waals surface area contributed by atoms with E-state index in [1.165, 1.54) is 5.56 Å². The fourth-order valence-corrected chi connectivity index (χ4v) is 2.88. The van der Waals surface area contributed by atoms with Crippen LogP contribution < -0.4 is 11.1 Å². The third-order valence-electron chi connectivity index (χ3n) is 4.10. The van der Waals surface area contributed by atoms with Gasteiger partial charge in [0.05, 0.1) is 0 Å². The first-order chi connectivity index (χ1) is 10.2. The van der Waals surface area contributed by atoms with E-state index in [1.807, 2.05) is 42.5 Å². The van der Waals surface area contributed by atoms with Crippen molar-refractivity contribution < 1.29 is 4.79 Å². The van der Waals surface area contributed by atoms with Gasteiger partial charge in [-0.1, -0.05) is 42.5 Å². The van der Waals surface area contributed by atoms with Gasteiger partial charge in [0.1, 0.15) is 0 Å². The minimum absolute atomic E-state index is 0.0637. The van der Waals surface area contributed by atoms with Crippen molar-refractivity contribution in [2.45, 2.75) is 25.3 Å². The quantitative estimate of drug-likeness (QED) is 0.905. The maximum absolute atomic E-state index is 12.1. The predicted octanol–water partition coefficient (Wildman–Crippen LogP) is 3.42. The summed E-state index contributed by atoms with van der Waals surface area (Å²) in [4.78, 5) is 12.1. The van der Waals surface area contributed by atoms with Gasteiger partial charge in [0.25, 0.3) is 0 Å². The number of anilines is 1. The monoisotopic (exact) mass is 280 g/mol. The largest absolute Gasteiger partial charge is 0.328 e. The van der Waals surface area contributed by atoms with Crippen molar-refractivity contribution >= 4 is 11.6 Å². The molecule has 2 aromatic rings. The number of amides is 1. The molecule has 0 bridgehead atoms. The van der Waals surface area contributed by atoms with Crippen LogP contribution in [0.15, 0.2) is 54.6 Å². The zero-order valence-corrected chi connectivity index (χ0v) is 12.0. The molecule has 1 amide bonds. The molecule has 2 unspecified atom stereocenters. The Balaban J connectivity index is 1.66. The van der Waals surface area contributed by atoms with Crippen molar-refractivity contribution in [1.82, 2.24) is 0 Å². The maximum Gasteiger partial charge on any atom is 0.227 e. The Kier molecular flexibility index (Phi) is 4.02. The normalized spacial score (nSPS) is 21.2. The molecule has 1 aliphatic carbocycles. The number of benzene rings is 2. The second-order valence-electron chi connectivity index (χ2n) is 5.70. The van der Waals surface area contributed by atoms with Crippen molar-refractivity contribution in [3.63, 3.8) is 0 Å². The van der Waals surface area contributed by atoms with E-state index in [0.29, 0.717) is 0 Å². The minimum atomic E-state index is 0.0637. The van der Waals surface area contributed by atoms with E-state index in [0.717, 1.165) is 30.5 Å². The van der Waals surface area contributed by atoms with E-state index in [1.54, 1.807) is 0 Å². The molecule has 21 heavy (non-hydrogen) atoms. The average molecular weight is 280 g/mol. The number of rotatable bonds is 3. The highest BCUT2D eigenvalue weighted by molar-refractivity contribution is 5.93. The smallest absolute Gasteiger partial charge is 0.227 e. The molecular weight excluding hydrogens is 260 g/mol. The fraction of sp³-hybridized carbons (Fsp3) is 0.278. The summed E-state index contributed by atoms with van der Waals surface area (Å²) in [7, 11) is 0. The van der Waals surface area contributed by atoms with Crippen molar-refractivity contribution in [2.24, 2.45) is 11.7 Å². The van der Waals surface area contributed by atoms with Crippen LogP contribution in [0, 0.1) is 5.92 Å². The standard InChI is InChI=1S/C18H20N2O/c19-16-9-6-15(12-16)18(21)20-17-10-7-14(8-11-17)13-4-2-1-3-5-13/h1-5,7-8,10-11,15-16H,6,9,12,19H2,(H,20,21). The molecule has 0 heterocycles. The number of nitrogens with one attached hydrogen (secondary N) is 1. The van der Waals surface area contributed by atoms with Gasteiger partial charge >= 0.3 is 0 Å². The molecule has 3 heteroatoms. The molecule has 0 aliphatic heterocycles. The number of hydrogen-bond donors (Lipinski definition) is 2. The molecule has 0 saturated heterocycles. The van der Waals surface area contributed by atoms with E-state index in [-0.39, 0.29) is 17.9 Å². The van der Waals surface area contributed by atoms with Crippen LogP contribution in [-0.4, -0.2) is 11.9 Å². The lowest BCUT2D eigenvalue weighted by atomic mass is 10.0. The number of hydrogen-bond acceptors (Lipinski definition) is 2. The van der Waals surface area contributed by atoms with Gasteiger partial charge in [0.15, 0.2) is 0 Å². The molecule has 0 radical (unpaired) electrons. The highest BCUT2D eigenvalue weighted by Crippen LogP contribution is 2.26. The van der Waals surface area contributed by atoms with E-state index in [2.05, 4.69) is 17.4 Å². The SMILES string of the molecule is NC1CCC(C(=O)Nc2ccc(-c3ccccc3)cc2)C1. The Morgan fingerprint density at radius 1 is 0.952 bits per heavy atom. The lowest BCUT2D eigenvalue weighted by molar-refractivity contribution is -0.119. The molecule has 3 N–H and O–H groups in total. The second kappa shape index (κ2) is 6.10. The molecule has 0 aromatic heterocycles. The Morgan fingerprint density at radius 2 is 1.62 bits per heavy atom. The summed E-state index contributed by atoms with van der Waals surface area (Å²) in [5, 5.41) is 2.99. The van der Waals surface area contributed by atoms with Gasteiger partial charge in [0, 0.05) is 17.6 Å². The van der Waals surface area contributed by atoms with Crippen LogP contribution in [0.2, 0.25) is 0 Å². The van der Waals surface area contributed by atoms with Crippen molar-refractivity contribution in [3.8, 4) is 11.1 Å². The summed E-state index contributed by atoms with van der Waals surface area (Å²) in [6, 6.07) is 18.4. The highest BCUT2D eigenvalue weighted by Gasteiger charge is 2.27. The van der Waals surface area contributed by atoms with Crippen molar-refractivity contribution in [2.75, 3.05) is 5.32 Å². The van der Waals surface area contributed by atoms with E-state index < -0.39 is 0 Å². The molecule has 1 saturated carbocycles. The first-order valence-corrected chi connectivity index (χ1v) is 7.44. The van der Waals surface area contributed by atoms with Gasteiger partial charge in [-0.3, -0.25) is 4.79 Å². The first-order valence-electron chi connectivity index (χ1n) is 7.44. The number of carbonyl (C=O) groups is 1. The summed E-state index contributed by atoms with van der Waals surface area (Å²) < 4.78 is 0. The Hall–Kier alpha value is -2.13. The molecule has 108 valence electrons. The fourth-order valence-electron chi connectivity index (χ4n) is 2.88. The van der Waals surface area contributed by atoms with Crippen LogP contribution >= 0.6 is 0 Å². The van der Waals surface area contributed by atoms with Crippen LogP contribution in [0.1, 0.15) is 19.3 Å². The zero-order valence-electron chi connectivity index (χ0n) is 12.0. The molecule has 3 nitrogen and oxygen atoms in total. The van der Waals surface area contributed by atoms with Gasteiger partial charge in [-0.15, -0.1) is 0 Å². The van der Waals surface area contributed by atoms with E-state index >= 15 is 0 Å². The summed E-state index contributed by atoms with van der Waals surface area (Å²) in [5.74, 6) is 0.157. The third-order valence-corrected chi connectivity index (χ3v) is 4.10. The average Bonchev–Trinajstić information content (AvgIpc) is 2.96. The molecule has 1 aliphatic rings. The summed E-state index contributed by atoms with van der Waals surface area (Å²) in [6.07, 6.45) is 2.65. The van der Waals surface area contributed by atoms with Crippen LogP contribution in [0.3, 0.4) is 0 Å². The van der Waals surface area contributed by atoms with Gasteiger partial charge in [-0.2, -0.15) is 0 Å². The van der Waals surface area contributed by atoms with Crippen molar-refractivity contribution in [3.05, 3.63) is 54.6 Å². The van der Waals surface area contributed by atoms with Crippen molar-refractivity contribution in [1.29, 1.82) is 0 Å². The van der Waals surface area contributed by atoms with E-state index in [4.69, 9.17) is 5.73 Å². The first kappa shape index (κ1) is 13.8. The molecular formula is C18H20N2O. The van der Waals surface area contributed by atoms with Crippen LogP contribution in [0.4, 0.5) is 5.69 Å². The van der Waals surface area contributed by atoms with Gasteiger partial charge < -0.3 is 11.1 Å². The second-order valence-corrected chi connectivity index (χ2v) is 5.70. The molecule has 3 rings (SSSR count). The summed E-state index contributed by atoms with van der Waals surface area (Å²) in [6.45, 7) is 0. The summed E-state index contributed by atoms with van der Waals surface area (Å²) in [5.41, 5.74) is 9.04. The van der Waals surface area contributed by atoms with Gasteiger partial charge in [-0.25, -0.2) is 0 Å². The predicted molar refractivity (Wildman–Crippen MR) is 85.8 cm³/mol. The van der Waals surface area contributed by atoms with Crippen LogP contribution in [-0.2, 0) is 4.79 Å². The molecule has 0 spiro atoms. The number of carbonyl (C=O) groups excluding carboxylic acids is 1. The Morgan fingerprint density at radius 3 is 2.24 bits per heavy atom. The van der Waals surface area contributed by atoms with Crippen LogP contribution in [0.25, 0.3) is 11.1 Å². The van der Waals surface area contributed by atoms with Gasteiger partial charge in [-0.05, 0) is 42.5 Å². The Bertz CT molecular complexity index is 607. The Labute approximate surface area is 125 Å². The third kappa shape index (κ3) is 3.31. The number of nitrogens with two attached hydrogens (primary N) is 1.